The minimum Gasteiger partial charge on any atom is -0.490 e. The second kappa shape index (κ2) is 7.17. The maximum atomic E-state index is 11.4. The number of aromatic nitrogens is 2. The molecule has 5 heteroatoms. The molecule has 1 heterocycles. The second-order valence-corrected chi connectivity index (χ2v) is 5.74. The Hall–Kier alpha value is -2.82. The molecule has 0 fully saturated rings. The molecule has 0 aliphatic rings. The summed E-state index contributed by atoms with van der Waals surface area (Å²) in [5.41, 5.74) is 3.04. The molecular weight excluding hydrogens is 304 g/mol. The first-order valence-corrected chi connectivity index (χ1v) is 7.88. The van der Waals surface area contributed by atoms with Gasteiger partial charge in [-0.15, -0.1) is 0 Å². The minimum absolute atomic E-state index is 0.287. The molecule has 24 heavy (non-hydrogen) atoms. The monoisotopic (exact) mass is 324 g/mol. The van der Waals surface area contributed by atoms with Gasteiger partial charge in [-0.05, 0) is 36.8 Å². The fourth-order valence-corrected chi connectivity index (χ4v) is 2.63. The van der Waals surface area contributed by atoms with E-state index < -0.39 is 0 Å². The van der Waals surface area contributed by atoms with Crippen LogP contribution in [-0.4, -0.2) is 28.2 Å². The fourth-order valence-electron chi connectivity index (χ4n) is 2.63. The van der Waals surface area contributed by atoms with Crippen molar-refractivity contribution in [3.63, 3.8) is 0 Å². The lowest BCUT2D eigenvalue weighted by atomic mass is 10.2. The molecule has 0 amide bonds. The number of aryl methyl sites for hydroxylation is 1. The third-order valence-electron chi connectivity index (χ3n) is 3.69. The lowest BCUT2D eigenvalue weighted by molar-refractivity contribution is -0.148. The third kappa shape index (κ3) is 3.93. The number of hydrogen-bond acceptors (Lipinski definition) is 4. The van der Waals surface area contributed by atoms with Gasteiger partial charge in [0.1, 0.15) is 12.4 Å². The van der Waals surface area contributed by atoms with Crippen LogP contribution in [0.2, 0.25) is 0 Å². The van der Waals surface area contributed by atoms with Crippen LogP contribution in [0.4, 0.5) is 0 Å². The highest BCUT2D eigenvalue weighted by atomic mass is 16.6. The summed E-state index contributed by atoms with van der Waals surface area (Å²) in [6.45, 7) is 4.20. The molecule has 0 aliphatic carbocycles. The van der Waals surface area contributed by atoms with E-state index in [-0.39, 0.29) is 18.7 Å². The molecule has 0 unspecified atom stereocenters. The Labute approximate surface area is 140 Å². The van der Waals surface area contributed by atoms with Crippen molar-refractivity contribution in [1.82, 2.24) is 9.55 Å². The lowest BCUT2D eigenvalue weighted by Gasteiger charge is -2.19. The van der Waals surface area contributed by atoms with E-state index >= 15 is 0 Å². The normalized spacial score (nSPS) is 12.1. The average molecular weight is 324 g/mol. The van der Waals surface area contributed by atoms with Gasteiger partial charge in [0.05, 0.1) is 23.9 Å². The van der Waals surface area contributed by atoms with E-state index in [1.807, 2.05) is 60.0 Å². The predicted molar refractivity (Wildman–Crippen MR) is 92.0 cm³/mol. The van der Waals surface area contributed by atoms with E-state index in [9.17, 15) is 4.79 Å². The Balaban J connectivity index is 1.73. The zero-order valence-electron chi connectivity index (χ0n) is 13.8. The number of nitrogens with zero attached hydrogens (tertiary/aromatic N) is 2. The SMILES string of the molecule is CC(=O)O[C@H](COc1cccc(C)c1)Cn1cnc2ccccc21. The third-order valence-corrected chi connectivity index (χ3v) is 3.69. The van der Waals surface area contributed by atoms with E-state index in [0.717, 1.165) is 22.3 Å². The standard InChI is InChI=1S/C19H20N2O3/c1-14-6-5-7-16(10-14)23-12-17(24-15(2)22)11-21-13-20-18-8-3-4-9-19(18)21/h3-10,13,17H,11-12H2,1-2H3/t17-/m0/s1. The Morgan fingerprint density at radius 3 is 2.83 bits per heavy atom. The van der Waals surface area contributed by atoms with Gasteiger partial charge in [0.15, 0.2) is 6.10 Å². The predicted octanol–water partition coefficient (Wildman–Crippen LogP) is 3.36. The van der Waals surface area contributed by atoms with E-state index in [4.69, 9.17) is 9.47 Å². The zero-order chi connectivity index (χ0) is 16.9. The van der Waals surface area contributed by atoms with Crippen molar-refractivity contribution in [2.45, 2.75) is 26.5 Å². The summed E-state index contributed by atoms with van der Waals surface area (Å²) in [6, 6.07) is 15.7. The van der Waals surface area contributed by atoms with Gasteiger partial charge in [0.25, 0.3) is 0 Å². The first kappa shape index (κ1) is 16.1. The van der Waals surface area contributed by atoms with E-state index in [2.05, 4.69) is 4.98 Å². The van der Waals surface area contributed by atoms with Gasteiger partial charge in [-0.1, -0.05) is 24.3 Å². The van der Waals surface area contributed by atoms with Gasteiger partial charge < -0.3 is 14.0 Å². The van der Waals surface area contributed by atoms with Gasteiger partial charge in [0.2, 0.25) is 0 Å². The highest BCUT2D eigenvalue weighted by Gasteiger charge is 2.16. The van der Waals surface area contributed by atoms with E-state index in [1.165, 1.54) is 6.92 Å². The quantitative estimate of drug-likeness (QED) is 0.653. The number of carbonyl (C=O) groups excluding carboxylic acids is 1. The number of benzene rings is 2. The molecule has 2 aromatic carbocycles. The Morgan fingerprint density at radius 2 is 2.04 bits per heavy atom. The number of para-hydroxylation sites is 2. The molecule has 0 saturated heterocycles. The summed E-state index contributed by atoms with van der Waals surface area (Å²) >= 11 is 0. The maximum absolute atomic E-state index is 11.4. The number of carbonyl (C=O) groups is 1. The average Bonchev–Trinajstić information content (AvgIpc) is 2.95. The Morgan fingerprint density at radius 1 is 1.21 bits per heavy atom. The number of imidazole rings is 1. The van der Waals surface area contributed by atoms with Crippen LogP contribution in [0.25, 0.3) is 11.0 Å². The summed E-state index contributed by atoms with van der Waals surface area (Å²) in [7, 11) is 0. The van der Waals surface area contributed by atoms with Crippen LogP contribution in [0.15, 0.2) is 54.9 Å². The molecule has 3 aromatic rings. The van der Waals surface area contributed by atoms with Crippen molar-refractivity contribution in [1.29, 1.82) is 0 Å². The molecule has 0 saturated carbocycles. The van der Waals surface area contributed by atoms with Crippen molar-refractivity contribution in [3.05, 3.63) is 60.4 Å². The molecule has 0 N–H and O–H groups in total. The van der Waals surface area contributed by atoms with Crippen LogP contribution in [0, 0.1) is 6.92 Å². The highest BCUT2D eigenvalue weighted by Crippen LogP contribution is 2.16. The number of esters is 1. The van der Waals surface area contributed by atoms with Crippen molar-refractivity contribution >= 4 is 17.0 Å². The van der Waals surface area contributed by atoms with Crippen molar-refractivity contribution in [2.75, 3.05) is 6.61 Å². The molecule has 5 nitrogen and oxygen atoms in total. The summed E-state index contributed by atoms with van der Waals surface area (Å²) in [5, 5.41) is 0. The van der Waals surface area contributed by atoms with Gasteiger partial charge in [-0.3, -0.25) is 4.79 Å². The highest BCUT2D eigenvalue weighted by molar-refractivity contribution is 5.75. The lowest BCUT2D eigenvalue weighted by Crippen LogP contribution is -2.28. The second-order valence-electron chi connectivity index (χ2n) is 5.74. The molecule has 0 radical (unpaired) electrons. The Bertz CT molecular complexity index is 841. The minimum atomic E-state index is -0.388. The first-order chi connectivity index (χ1) is 11.6. The molecule has 0 aliphatic heterocycles. The molecule has 1 aromatic heterocycles. The van der Waals surface area contributed by atoms with Gasteiger partial charge in [-0.25, -0.2) is 4.98 Å². The molecule has 124 valence electrons. The number of rotatable bonds is 6. The Kier molecular flexibility index (Phi) is 4.79. The summed E-state index contributed by atoms with van der Waals surface area (Å²) in [5.74, 6) is 0.444. The number of fused-ring (bicyclic) bond motifs is 1. The van der Waals surface area contributed by atoms with E-state index in [1.54, 1.807) is 6.33 Å². The van der Waals surface area contributed by atoms with Crippen LogP contribution < -0.4 is 4.74 Å². The van der Waals surface area contributed by atoms with Gasteiger partial charge in [0, 0.05) is 6.92 Å². The van der Waals surface area contributed by atoms with Crippen LogP contribution >= 0.6 is 0 Å². The number of hydrogen-bond donors (Lipinski definition) is 0. The summed E-state index contributed by atoms with van der Waals surface area (Å²) in [4.78, 5) is 15.8. The molecule has 0 bridgehead atoms. The van der Waals surface area contributed by atoms with Crippen LogP contribution in [0.5, 0.6) is 5.75 Å². The van der Waals surface area contributed by atoms with Crippen molar-refractivity contribution in [3.8, 4) is 5.75 Å². The van der Waals surface area contributed by atoms with Gasteiger partial charge in [-0.2, -0.15) is 0 Å². The summed E-state index contributed by atoms with van der Waals surface area (Å²) < 4.78 is 13.2. The largest absolute Gasteiger partial charge is 0.490 e. The molecule has 0 spiro atoms. The van der Waals surface area contributed by atoms with Crippen LogP contribution in [0.1, 0.15) is 12.5 Å². The van der Waals surface area contributed by atoms with Crippen LogP contribution in [-0.2, 0) is 16.1 Å². The van der Waals surface area contributed by atoms with Crippen molar-refractivity contribution < 1.29 is 14.3 Å². The summed E-state index contributed by atoms with van der Waals surface area (Å²) in [6.07, 6.45) is 1.37. The topological polar surface area (TPSA) is 53.4 Å². The molecule has 3 rings (SSSR count). The van der Waals surface area contributed by atoms with Crippen LogP contribution in [0.3, 0.4) is 0 Å². The fraction of sp³-hybridized carbons (Fsp3) is 0.263. The zero-order valence-corrected chi connectivity index (χ0v) is 13.8. The smallest absolute Gasteiger partial charge is 0.303 e. The van der Waals surface area contributed by atoms with Crippen molar-refractivity contribution in [2.24, 2.45) is 0 Å². The van der Waals surface area contributed by atoms with Gasteiger partial charge >= 0.3 is 5.97 Å². The molecular formula is C19H20N2O3. The number of ether oxygens (including phenoxy) is 2. The maximum Gasteiger partial charge on any atom is 0.303 e. The first-order valence-electron chi connectivity index (χ1n) is 7.88. The van der Waals surface area contributed by atoms with E-state index in [0.29, 0.717) is 6.54 Å². The molecule has 1 atom stereocenters.